The molecule has 9 fully saturated rings. The first-order valence-electron chi connectivity index (χ1n) is 30.8. The highest BCUT2D eigenvalue weighted by atomic mass is 35.5. The third-order valence-electron chi connectivity index (χ3n) is 18.6. The fourth-order valence-corrected chi connectivity index (χ4v) is 12.7. The number of benzene rings is 3. The van der Waals surface area contributed by atoms with Crippen LogP contribution in [0.5, 0.6) is 0 Å². The van der Waals surface area contributed by atoms with Crippen LogP contribution >= 0.6 is 12.4 Å². The van der Waals surface area contributed by atoms with Crippen molar-refractivity contribution in [1.29, 1.82) is 0 Å². The van der Waals surface area contributed by atoms with E-state index in [9.17, 15) is 14.4 Å². The summed E-state index contributed by atoms with van der Waals surface area (Å²) in [5.41, 5.74) is 3.70. The predicted octanol–water partition coefficient (Wildman–Crippen LogP) is 13.4. The molecule has 9 atom stereocenters. The molecule has 3 aromatic rings. The molecule has 6 saturated carbocycles. The number of ether oxygens (including phenoxy) is 2. The van der Waals surface area contributed by atoms with E-state index in [1.54, 1.807) is 4.90 Å². The van der Waals surface area contributed by atoms with Crippen molar-refractivity contribution in [3.8, 4) is 0 Å². The lowest BCUT2D eigenvalue weighted by atomic mass is 10.0. The number of nitrogens with zero attached hydrogens (tertiary/aromatic N) is 4. The van der Waals surface area contributed by atoms with E-state index in [0.717, 1.165) is 69.1 Å². The first kappa shape index (κ1) is 61.1. The van der Waals surface area contributed by atoms with E-state index in [1.165, 1.54) is 120 Å². The molecule has 3 aromatic carbocycles. The zero-order chi connectivity index (χ0) is 55.3. The number of amides is 2. The highest BCUT2D eigenvalue weighted by Crippen LogP contribution is 2.53. The van der Waals surface area contributed by atoms with Gasteiger partial charge in [-0.1, -0.05) is 91.0 Å². The maximum atomic E-state index is 13.1. The largest absolute Gasteiger partial charge is 0.444 e. The molecule has 0 bridgehead atoms. The second kappa shape index (κ2) is 26.1. The van der Waals surface area contributed by atoms with E-state index in [2.05, 4.69) is 119 Å². The van der Waals surface area contributed by atoms with Gasteiger partial charge in [0, 0.05) is 97.6 Å². The molecular formula is C67H101ClN6O5. The average Bonchev–Trinajstić information content (AvgIpc) is 4.28. The zero-order valence-electron chi connectivity index (χ0n) is 49.9. The Bertz CT molecular complexity index is 2400. The number of hydrogen-bond donors (Lipinski definition) is 2. The summed E-state index contributed by atoms with van der Waals surface area (Å²) >= 11 is 0. The molecule has 79 heavy (non-hydrogen) atoms. The normalized spacial score (nSPS) is 29.1. The molecular weight excluding hydrogens is 1000 g/mol. The monoisotopic (exact) mass is 1100 g/mol. The average molecular weight is 1110 g/mol. The maximum absolute atomic E-state index is 13.1. The van der Waals surface area contributed by atoms with Crippen molar-refractivity contribution in [3.63, 3.8) is 0 Å². The molecule has 12 heteroatoms. The van der Waals surface area contributed by atoms with Gasteiger partial charge in [-0.15, -0.1) is 12.4 Å². The van der Waals surface area contributed by atoms with Crippen LogP contribution in [0.4, 0.5) is 9.59 Å². The highest BCUT2D eigenvalue weighted by molar-refractivity contribution is 5.85. The highest BCUT2D eigenvalue weighted by Gasteiger charge is 2.54. The van der Waals surface area contributed by atoms with Crippen LogP contribution in [0.15, 0.2) is 91.0 Å². The molecule has 6 aliphatic carbocycles. The third-order valence-corrected chi connectivity index (χ3v) is 18.6. The minimum absolute atomic E-state index is 0. The van der Waals surface area contributed by atoms with E-state index >= 15 is 0 Å². The number of rotatable bonds is 17. The summed E-state index contributed by atoms with van der Waals surface area (Å²) in [5, 5.41) is 7.19. The molecule has 2 amide bonds. The molecule has 2 N–H and O–H groups in total. The SMILES string of the molecule is CC(C)(C)OC(=O)N(CC1(C=O)CC1)[C@H]1CC1c1ccccc1.C[C@H]1CCCN1.C[C@H]1CCCN1CC1(CN(C(=O)OC(C)(C)C)[C@H]2CC2c2ccccc2)CC1.C[C@H]1CCCN1CC1(CN[C@H]2CC2c2ccccc2)CC1.Cl. The van der Waals surface area contributed by atoms with E-state index < -0.39 is 11.2 Å². The molecule has 3 heterocycles. The quantitative estimate of drug-likeness (QED) is 0.128. The fourth-order valence-electron chi connectivity index (χ4n) is 12.7. The smallest absolute Gasteiger partial charge is 0.410 e. The summed E-state index contributed by atoms with van der Waals surface area (Å²) in [6.07, 6.45) is 19.2. The van der Waals surface area contributed by atoms with Gasteiger partial charge in [-0.3, -0.25) is 0 Å². The van der Waals surface area contributed by atoms with Crippen molar-refractivity contribution in [2.45, 2.75) is 224 Å². The summed E-state index contributed by atoms with van der Waals surface area (Å²) < 4.78 is 11.4. The molecule has 3 aliphatic heterocycles. The van der Waals surface area contributed by atoms with Crippen molar-refractivity contribution in [2.75, 3.05) is 52.4 Å². The molecule has 3 saturated heterocycles. The Morgan fingerprint density at radius 3 is 1.41 bits per heavy atom. The van der Waals surface area contributed by atoms with Gasteiger partial charge < -0.3 is 44.5 Å². The number of likely N-dealkylation sites (tertiary alicyclic amines) is 2. The van der Waals surface area contributed by atoms with Crippen LogP contribution in [-0.2, 0) is 14.3 Å². The Labute approximate surface area is 482 Å². The third kappa shape index (κ3) is 17.8. The van der Waals surface area contributed by atoms with Crippen LogP contribution in [0.1, 0.15) is 193 Å². The summed E-state index contributed by atoms with van der Waals surface area (Å²) in [6.45, 7) is 27.3. The fraction of sp³-hybridized carbons (Fsp3) is 0.687. The van der Waals surface area contributed by atoms with Crippen LogP contribution in [-0.4, -0.2) is 138 Å². The molecule has 0 aromatic heterocycles. The lowest BCUT2D eigenvalue weighted by Crippen LogP contribution is -2.45. The minimum atomic E-state index is -0.523. The van der Waals surface area contributed by atoms with Gasteiger partial charge in [0.1, 0.15) is 17.5 Å². The van der Waals surface area contributed by atoms with Crippen molar-refractivity contribution in [3.05, 3.63) is 108 Å². The van der Waals surface area contributed by atoms with E-state index in [-0.39, 0.29) is 47.5 Å². The molecule has 0 radical (unpaired) electrons. The van der Waals surface area contributed by atoms with Crippen LogP contribution in [0.25, 0.3) is 0 Å². The van der Waals surface area contributed by atoms with E-state index in [1.807, 2.05) is 59.7 Å². The van der Waals surface area contributed by atoms with Gasteiger partial charge in [-0.25, -0.2) is 9.59 Å². The van der Waals surface area contributed by atoms with Crippen molar-refractivity contribution in [1.82, 2.24) is 30.2 Å². The van der Waals surface area contributed by atoms with Gasteiger partial charge in [0.25, 0.3) is 0 Å². The van der Waals surface area contributed by atoms with Crippen LogP contribution in [0, 0.1) is 16.2 Å². The van der Waals surface area contributed by atoms with Gasteiger partial charge in [-0.2, -0.15) is 0 Å². The number of nitrogens with one attached hydrogen (secondary N) is 2. The number of carbonyl (C=O) groups excluding carboxylic acids is 3. The topological polar surface area (TPSA) is 107 Å². The predicted molar refractivity (Wildman–Crippen MR) is 322 cm³/mol. The lowest BCUT2D eigenvalue weighted by molar-refractivity contribution is -0.112. The standard InChI is InChI=1S/C24H36N2O2.C19H28N2.C19H25NO3.C5H11N.ClH/c1-18-9-8-14-25(18)16-24(12-13-24)17-26(22(27)28-23(2,3)4)21-15-20(21)19-10-6-5-7-11-19;1-15-6-5-11-21(15)14-19(9-10-19)13-20-18-12-17(18)16-7-3-2-4-8-16;1-18(2,3)23-17(22)20(12-19(13-21)9-10-19)16-11-15(16)14-7-5-4-6-8-14;1-5-3-2-4-6-5;/h5-7,10-11,18,20-21H,8-9,12-17H2,1-4H3;2-4,7-8,15,17-18,20H,5-6,9-14H2,1H3;4-8,13,15-16H,9-12H2,1-3H3;5-6H,2-4H2,1H3;1H/t18-,20?,21-;15-,17?,18-;15?,16-;5-;/m0000./s1. The van der Waals surface area contributed by atoms with E-state index in [4.69, 9.17) is 9.47 Å². The molecule has 12 rings (SSSR count). The number of aldehydes is 1. The van der Waals surface area contributed by atoms with Gasteiger partial charge >= 0.3 is 12.2 Å². The summed E-state index contributed by atoms with van der Waals surface area (Å²) in [7, 11) is 0. The number of halogens is 1. The van der Waals surface area contributed by atoms with Gasteiger partial charge in [0.2, 0.25) is 0 Å². The summed E-state index contributed by atoms with van der Waals surface area (Å²) in [4.78, 5) is 46.3. The zero-order valence-corrected chi connectivity index (χ0v) is 50.8. The molecule has 436 valence electrons. The summed E-state index contributed by atoms with van der Waals surface area (Å²) in [6, 6.07) is 35.4. The number of hydrogen-bond acceptors (Lipinski definition) is 9. The van der Waals surface area contributed by atoms with E-state index in [0.29, 0.717) is 29.8 Å². The Kier molecular flexibility index (Phi) is 20.2. The first-order chi connectivity index (χ1) is 37.2. The Balaban J connectivity index is 0.000000148. The van der Waals surface area contributed by atoms with Gasteiger partial charge in [0.15, 0.2) is 0 Å². The summed E-state index contributed by atoms with van der Waals surface area (Å²) in [5.74, 6) is 1.58. The Morgan fingerprint density at radius 2 is 1.05 bits per heavy atom. The number of carbonyl (C=O) groups is 3. The Hall–Kier alpha value is -4.00. The lowest BCUT2D eigenvalue weighted by Gasteiger charge is -2.33. The molecule has 9 aliphatic rings. The van der Waals surface area contributed by atoms with Crippen molar-refractivity contribution >= 4 is 30.9 Å². The first-order valence-corrected chi connectivity index (χ1v) is 30.8. The molecule has 3 unspecified atom stereocenters. The molecule has 11 nitrogen and oxygen atoms in total. The second-order valence-corrected chi connectivity index (χ2v) is 28.0. The Morgan fingerprint density at radius 1 is 0.608 bits per heavy atom. The van der Waals surface area contributed by atoms with Crippen molar-refractivity contribution in [2.24, 2.45) is 16.2 Å². The van der Waals surface area contributed by atoms with Gasteiger partial charge in [-0.05, 0) is 200 Å². The maximum Gasteiger partial charge on any atom is 0.410 e. The van der Waals surface area contributed by atoms with Crippen molar-refractivity contribution < 1.29 is 23.9 Å². The van der Waals surface area contributed by atoms with Crippen LogP contribution in [0.2, 0.25) is 0 Å². The van der Waals surface area contributed by atoms with Crippen LogP contribution < -0.4 is 10.6 Å². The minimum Gasteiger partial charge on any atom is -0.444 e. The van der Waals surface area contributed by atoms with Gasteiger partial charge in [0.05, 0.1) is 0 Å². The van der Waals surface area contributed by atoms with Crippen LogP contribution in [0.3, 0.4) is 0 Å². The molecule has 0 spiro atoms. The second-order valence-electron chi connectivity index (χ2n) is 28.0.